The van der Waals surface area contributed by atoms with Crippen LogP contribution in [0.2, 0.25) is 5.02 Å². The lowest BCUT2D eigenvalue weighted by atomic mass is 10.3. The van der Waals surface area contributed by atoms with Gasteiger partial charge in [0, 0.05) is 5.69 Å². The standard InChI is InChI=1S/C20H13ClN6O2S3/c21-16-7-4-8-17-18(16)22-20(30-17)31-19-23-25-26-27(19)14-9-11-15(12-10-14)32(28,29)24-13-5-2-1-3-6-13/h1-12,24H. The SMILES string of the molecule is O=S(=O)(Nc1ccccc1)c1ccc(-n2nnnc2Sc2nc3c(Cl)cccc3s2)cc1. The molecule has 0 fully saturated rings. The number of fused-ring (bicyclic) bond motifs is 1. The lowest BCUT2D eigenvalue weighted by Crippen LogP contribution is -2.13. The summed E-state index contributed by atoms with van der Waals surface area (Å²) in [7, 11) is -3.71. The van der Waals surface area contributed by atoms with Gasteiger partial charge < -0.3 is 0 Å². The maximum absolute atomic E-state index is 12.6. The van der Waals surface area contributed by atoms with Gasteiger partial charge in [0.2, 0.25) is 5.16 Å². The number of sulfonamides is 1. The highest BCUT2D eigenvalue weighted by molar-refractivity contribution is 8.01. The fourth-order valence-electron chi connectivity index (χ4n) is 2.91. The van der Waals surface area contributed by atoms with Crippen LogP contribution in [0.25, 0.3) is 15.9 Å². The van der Waals surface area contributed by atoms with Gasteiger partial charge >= 0.3 is 0 Å². The van der Waals surface area contributed by atoms with E-state index in [1.165, 1.54) is 39.9 Å². The third kappa shape index (κ3) is 4.19. The van der Waals surface area contributed by atoms with Crippen molar-refractivity contribution in [3.8, 4) is 5.69 Å². The van der Waals surface area contributed by atoms with Crippen molar-refractivity contribution in [3.05, 3.63) is 77.8 Å². The Hall–Kier alpha value is -2.99. The molecule has 0 bridgehead atoms. The fourth-order valence-corrected chi connectivity index (χ4v) is 6.22. The molecular weight excluding hydrogens is 488 g/mol. The Balaban J connectivity index is 1.39. The quantitative estimate of drug-likeness (QED) is 0.354. The van der Waals surface area contributed by atoms with E-state index in [0.717, 1.165) is 14.6 Å². The lowest BCUT2D eigenvalue weighted by molar-refractivity contribution is 0.601. The number of hydrogen-bond donors (Lipinski definition) is 1. The molecule has 5 rings (SSSR count). The third-order valence-electron chi connectivity index (χ3n) is 4.39. The van der Waals surface area contributed by atoms with Crippen LogP contribution in [0.4, 0.5) is 5.69 Å². The molecule has 5 aromatic rings. The summed E-state index contributed by atoms with van der Waals surface area (Å²) in [5, 5.41) is 13.0. The second kappa shape index (κ2) is 8.51. The Morgan fingerprint density at radius 3 is 2.50 bits per heavy atom. The number of hydrogen-bond acceptors (Lipinski definition) is 8. The van der Waals surface area contributed by atoms with E-state index in [2.05, 4.69) is 25.2 Å². The number of anilines is 1. The summed E-state index contributed by atoms with van der Waals surface area (Å²) < 4.78 is 31.1. The summed E-state index contributed by atoms with van der Waals surface area (Å²) in [5.74, 6) is 0. The zero-order chi connectivity index (χ0) is 22.1. The molecule has 0 radical (unpaired) electrons. The number of aromatic nitrogens is 5. The van der Waals surface area contributed by atoms with Crippen LogP contribution in [0.3, 0.4) is 0 Å². The summed E-state index contributed by atoms with van der Waals surface area (Å²) >= 11 is 9.02. The number of rotatable bonds is 6. The molecule has 0 aliphatic carbocycles. The smallest absolute Gasteiger partial charge is 0.261 e. The van der Waals surface area contributed by atoms with Crippen molar-refractivity contribution in [2.75, 3.05) is 4.72 Å². The van der Waals surface area contributed by atoms with Gasteiger partial charge in [0.05, 0.1) is 20.3 Å². The first-order valence-electron chi connectivity index (χ1n) is 9.19. The van der Waals surface area contributed by atoms with Crippen LogP contribution in [0, 0.1) is 0 Å². The van der Waals surface area contributed by atoms with E-state index in [-0.39, 0.29) is 4.90 Å². The van der Waals surface area contributed by atoms with Crippen molar-refractivity contribution in [2.24, 2.45) is 0 Å². The first-order chi connectivity index (χ1) is 15.5. The molecule has 0 amide bonds. The van der Waals surface area contributed by atoms with Gasteiger partial charge in [-0.05, 0) is 70.7 Å². The maximum Gasteiger partial charge on any atom is 0.261 e. The van der Waals surface area contributed by atoms with E-state index in [1.54, 1.807) is 42.5 Å². The highest BCUT2D eigenvalue weighted by Crippen LogP contribution is 2.36. The number of nitrogens with zero attached hydrogens (tertiary/aromatic N) is 5. The first kappa shape index (κ1) is 20.9. The van der Waals surface area contributed by atoms with Crippen LogP contribution in [-0.2, 0) is 10.0 Å². The van der Waals surface area contributed by atoms with Crippen LogP contribution in [0.5, 0.6) is 0 Å². The van der Waals surface area contributed by atoms with Crippen molar-refractivity contribution in [2.45, 2.75) is 14.4 Å². The van der Waals surface area contributed by atoms with Gasteiger partial charge in [-0.15, -0.1) is 16.4 Å². The molecule has 0 saturated carbocycles. The van der Waals surface area contributed by atoms with Gasteiger partial charge in [0.25, 0.3) is 10.0 Å². The van der Waals surface area contributed by atoms with Crippen LogP contribution >= 0.6 is 34.7 Å². The van der Waals surface area contributed by atoms with Crippen molar-refractivity contribution in [1.29, 1.82) is 0 Å². The van der Waals surface area contributed by atoms with Gasteiger partial charge in [-0.3, -0.25) is 4.72 Å². The van der Waals surface area contributed by atoms with Gasteiger partial charge in [0.15, 0.2) is 4.34 Å². The molecule has 0 aliphatic heterocycles. The third-order valence-corrected chi connectivity index (χ3v) is 8.11. The zero-order valence-electron chi connectivity index (χ0n) is 16.1. The number of para-hydroxylation sites is 2. The Bertz CT molecular complexity index is 1500. The second-order valence-electron chi connectivity index (χ2n) is 6.51. The predicted octanol–water partition coefficient (Wildman–Crippen LogP) is 4.88. The van der Waals surface area contributed by atoms with E-state index >= 15 is 0 Å². The molecule has 0 aliphatic rings. The minimum atomic E-state index is -3.71. The largest absolute Gasteiger partial charge is 0.280 e. The minimum absolute atomic E-state index is 0.133. The van der Waals surface area contributed by atoms with Crippen molar-refractivity contribution >= 4 is 60.6 Å². The number of halogens is 1. The summed E-state index contributed by atoms with van der Waals surface area (Å²) in [6.45, 7) is 0. The average Bonchev–Trinajstić information content (AvgIpc) is 3.42. The molecule has 2 heterocycles. The number of tetrazole rings is 1. The van der Waals surface area contributed by atoms with Crippen LogP contribution in [0.1, 0.15) is 0 Å². The van der Waals surface area contributed by atoms with Gasteiger partial charge in [-0.25, -0.2) is 13.4 Å². The van der Waals surface area contributed by atoms with Gasteiger partial charge in [-0.1, -0.05) is 35.9 Å². The van der Waals surface area contributed by atoms with E-state index < -0.39 is 10.0 Å². The van der Waals surface area contributed by atoms with Crippen molar-refractivity contribution < 1.29 is 8.42 Å². The molecule has 0 saturated heterocycles. The lowest BCUT2D eigenvalue weighted by Gasteiger charge is -2.09. The Morgan fingerprint density at radius 1 is 0.969 bits per heavy atom. The maximum atomic E-state index is 12.6. The topological polar surface area (TPSA) is 103 Å². The van der Waals surface area contributed by atoms with E-state index in [0.29, 0.717) is 21.6 Å². The molecule has 0 atom stereocenters. The van der Waals surface area contributed by atoms with Crippen LogP contribution < -0.4 is 4.72 Å². The Morgan fingerprint density at radius 2 is 1.75 bits per heavy atom. The average molecular weight is 501 g/mol. The monoisotopic (exact) mass is 500 g/mol. The van der Waals surface area contributed by atoms with E-state index in [9.17, 15) is 8.42 Å². The molecule has 2 aromatic heterocycles. The summed E-state index contributed by atoms with van der Waals surface area (Å²) in [6, 6.07) is 20.7. The van der Waals surface area contributed by atoms with Gasteiger partial charge in [-0.2, -0.15) is 4.68 Å². The fraction of sp³-hybridized carbons (Fsp3) is 0. The summed E-state index contributed by atoms with van der Waals surface area (Å²) in [5.41, 5.74) is 1.85. The normalized spacial score (nSPS) is 11.7. The molecule has 3 aromatic carbocycles. The molecule has 160 valence electrons. The Labute approximate surface area is 196 Å². The van der Waals surface area contributed by atoms with Crippen LogP contribution in [0.15, 0.2) is 87.2 Å². The molecule has 0 spiro atoms. The first-order valence-corrected chi connectivity index (χ1v) is 12.7. The molecule has 8 nitrogen and oxygen atoms in total. The highest BCUT2D eigenvalue weighted by Gasteiger charge is 2.17. The molecule has 32 heavy (non-hydrogen) atoms. The predicted molar refractivity (Wildman–Crippen MR) is 125 cm³/mol. The summed E-state index contributed by atoms with van der Waals surface area (Å²) in [6.07, 6.45) is 0. The zero-order valence-corrected chi connectivity index (χ0v) is 19.3. The minimum Gasteiger partial charge on any atom is -0.280 e. The summed E-state index contributed by atoms with van der Waals surface area (Å²) in [4.78, 5) is 4.69. The molecule has 1 N–H and O–H groups in total. The molecule has 12 heteroatoms. The van der Waals surface area contributed by atoms with Crippen LogP contribution in [-0.4, -0.2) is 33.6 Å². The van der Waals surface area contributed by atoms with Crippen molar-refractivity contribution in [1.82, 2.24) is 25.2 Å². The number of nitrogens with one attached hydrogen (secondary N) is 1. The van der Waals surface area contributed by atoms with Gasteiger partial charge in [0.1, 0.15) is 5.52 Å². The number of thiazole rings is 1. The highest BCUT2D eigenvalue weighted by atomic mass is 35.5. The Kier molecular flexibility index (Phi) is 5.55. The second-order valence-corrected chi connectivity index (χ2v) is 10.8. The van der Waals surface area contributed by atoms with E-state index in [1.807, 2.05) is 18.2 Å². The number of benzene rings is 3. The van der Waals surface area contributed by atoms with E-state index in [4.69, 9.17) is 11.6 Å². The van der Waals surface area contributed by atoms with Crippen molar-refractivity contribution in [3.63, 3.8) is 0 Å². The molecule has 0 unspecified atom stereocenters. The molecular formula is C20H13ClN6O2S3.